The summed E-state index contributed by atoms with van der Waals surface area (Å²) in [5.41, 5.74) is 21.2. The van der Waals surface area contributed by atoms with Crippen molar-refractivity contribution < 1.29 is 19.1 Å². The van der Waals surface area contributed by atoms with Crippen LogP contribution >= 0.6 is 0 Å². The third-order valence-corrected chi connectivity index (χ3v) is 17.3. The van der Waals surface area contributed by atoms with Gasteiger partial charge in [-0.3, -0.25) is 0 Å². The zero-order chi connectivity index (χ0) is 54.6. The molecule has 0 saturated carbocycles. The molecule has 1 aliphatic heterocycles. The van der Waals surface area contributed by atoms with Gasteiger partial charge in [-0.25, -0.2) is 4.70 Å². The number of benzene rings is 2. The molecular weight excluding hydrogens is 964 g/mol. The third-order valence-electron chi connectivity index (χ3n) is 15.9. The van der Waals surface area contributed by atoms with E-state index in [2.05, 4.69) is 102 Å². The van der Waals surface area contributed by atoms with Gasteiger partial charge in [0.15, 0.2) is 0 Å². The fourth-order valence-electron chi connectivity index (χ4n) is 10.7. The summed E-state index contributed by atoms with van der Waals surface area (Å²) in [7, 11) is 0. The van der Waals surface area contributed by atoms with Gasteiger partial charge in [0.05, 0.1) is 0 Å². The molecule has 0 aliphatic carbocycles. The Bertz CT molecular complexity index is 1750. The van der Waals surface area contributed by atoms with Crippen LogP contribution in [0.15, 0.2) is 59.7 Å². The van der Waals surface area contributed by atoms with Crippen LogP contribution in [0.5, 0.6) is 0 Å². The van der Waals surface area contributed by atoms with E-state index in [1.807, 2.05) is 14.4 Å². The van der Waals surface area contributed by atoms with Crippen molar-refractivity contribution in [1.82, 2.24) is 0 Å². The van der Waals surface area contributed by atoms with Crippen molar-refractivity contribution in [2.75, 3.05) is 0 Å². The van der Waals surface area contributed by atoms with E-state index in [9.17, 15) is 5.53 Å². The molecule has 0 bridgehead atoms. The fourth-order valence-corrected chi connectivity index (χ4v) is 12.2. The van der Waals surface area contributed by atoms with Crippen LogP contribution in [-0.4, -0.2) is 4.70 Å². The Morgan fingerprint density at radius 2 is 0.632 bits per heavy atom. The van der Waals surface area contributed by atoms with E-state index in [1.165, 1.54) is 295 Å². The summed E-state index contributed by atoms with van der Waals surface area (Å²) < 4.78 is 1.51. The summed E-state index contributed by atoms with van der Waals surface area (Å²) in [6, 6.07) is 18.0. The zero-order valence-electron chi connectivity index (χ0n) is 51.5. The Balaban J connectivity index is 0.00000200. The fraction of sp³-hybridized carbons (Fsp3) is 0.753. The maximum absolute atomic E-state index is 12.2. The van der Waals surface area contributed by atoms with Gasteiger partial charge in [-0.2, -0.15) is 0 Å². The van der Waals surface area contributed by atoms with Crippen LogP contribution in [0.2, 0.25) is 10.8 Å². The Morgan fingerprint density at radius 1 is 0.329 bits per heavy atom. The van der Waals surface area contributed by atoms with E-state index < -0.39 is 0 Å². The monoisotopic (exact) mass is 1090 g/mol. The van der Waals surface area contributed by atoms with Gasteiger partial charge in [0.25, 0.3) is 0 Å². The summed E-state index contributed by atoms with van der Waals surface area (Å²) in [6.45, 7) is 13.6. The summed E-state index contributed by atoms with van der Waals surface area (Å²) in [5.74, 6) is 7.37. The molecular formula is C73H124N2Ni. The van der Waals surface area contributed by atoms with E-state index in [0.29, 0.717) is 0 Å². The van der Waals surface area contributed by atoms with Gasteiger partial charge in [-0.1, -0.05) is 289 Å². The molecule has 0 atom stereocenters. The van der Waals surface area contributed by atoms with Gasteiger partial charge in [0.2, 0.25) is 11.4 Å². The second-order valence-electron chi connectivity index (χ2n) is 23.1. The maximum atomic E-state index is 12.2. The van der Waals surface area contributed by atoms with Gasteiger partial charge >= 0.3 is 64.8 Å². The molecule has 1 heterocycles. The van der Waals surface area contributed by atoms with Crippen LogP contribution < -0.4 is 0 Å². The third kappa shape index (κ3) is 35.2. The first-order valence-corrected chi connectivity index (χ1v) is 35.0. The van der Waals surface area contributed by atoms with E-state index in [1.54, 1.807) is 0 Å². The van der Waals surface area contributed by atoms with Crippen LogP contribution in [0, 0.1) is 11.8 Å². The van der Waals surface area contributed by atoms with Crippen molar-refractivity contribution in [3.63, 3.8) is 0 Å². The van der Waals surface area contributed by atoms with Crippen LogP contribution in [0.3, 0.4) is 0 Å². The summed E-state index contributed by atoms with van der Waals surface area (Å²) >= 11 is 1.94. The van der Waals surface area contributed by atoms with Crippen LogP contribution in [0.1, 0.15) is 353 Å². The average Bonchev–Trinajstić information content (AvgIpc) is 3.72. The molecule has 0 N–H and O–H groups in total. The summed E-state index contributed by atoms with van der Waals surface area (Å²) in [6.07, 6.45) is 63.1. The van der Waals surface area contributed by atoms with Crippen molar-refractivity contribution in [3.8, 4) is 11.8 Å². The number of aryl methyl sites for hydroxylation is 2. The molecule has 0 aromatic heterocycles. The van der Waals surface area contributed by atoms with Gasteiger partial charge in [0, 0.05) is 23.1 Å². The number of allylic oxidation sites excluding steroid dienone is 2. The number of hydrogen-bond donors (Lipinski definition) is 0. The van der Waals surface area contributed by atoms with Crippen molar-refractivity contribution in [3.05, 3.63) is 87.5 Å². The van der Waals surface area contributed by atoms with Gasteiger partial charge in [-0.05, 0) is 80.3 Å². The average molecular weight is 1090 g/mol. The standard InChI is InChI=1S/C65H106N2.2C4H9.Ni/c1-5-9-13-15-17-19-21-22-23-24-25-26-27-28-29-30-31-32-33-34-35-37-39-41-43-45-49-63-62(48-44-42-40-38-36-20-18-16-14-10-6-2)64(60-54-50-58(51-55-60)46-11-7-3)67(66)65(63)61-56-52-59(53-57-61)47-12-8-4;2*1-3-4-2;/h50-57H,5-44,46-48H2,1-4H3;2*1,3-4H2,2H3;. The van der Waals surface area contributed by atoms with Crippen LogP contribution in [-0.2, 0) is 27.3 Å². The topological polar surface area (TPSA) is 25.3 Å². The normalized spacial score (nSPS) is 12.5. The molecule has 436 valence electrons. The Kier molecular flexibility index (Phi) is 47.7. The molecule has 0 saturated heterocycles. The molecule has 0 spiro atoms. The predicted molar refractivity (Wildman–Crippen MR) is 337 cm³/mol. The van der Waals surface area contributed by atoms with Crippen molar-refractivity contribution in [2.24, 2.45) is 0 Å². The zero-order valence-corrected chi connectivity index (χ0v) is 52.5. The van der Waals surface area contributed by atoms with Crippen LogP contribution in [0.4, 0.5) is 0 Å². The van der Waals surface area contributed by atoms with Gasteiger partial charge in [-0.15, -0.1) is 0 Å². The summed E-state index contributed by atoms with van der Waals surface area (Å²) in [4.78, 5) is 0. The molecule has 1 aliphatic rings. The second-order valence-corrected chi connectivity index (χ2v) is 24.6. The number of unbranched alkanes of at least 4 members (excludes halogenated alkanes) is 38. The molecule has 76 heavy (non-hydrogen) atoms. The molecule has 2 aromatic carbocycles. The molecule has 0 radical (unpaired) electrons. The van der Waals surface area contributed by atoms with E-state index in [0.717, 1.165) is 66.6 Å². The SMILES string of the molecule is CCCCCCCCCCCCCCCCCCCCCCCCCCC#CC1=C(c2ccc(CCCC)cc2)[N+](=[N-])C(c2ccc(CCCC)cc2)=C1CCCCCCCCCCCCC.CCC[CH2][Ni][CH2]CCC. The Labute approximate surface area is 481 Å². The first-order valence-electron chi connectivity index (χ1n) is 33.6. The number of nitrogens with zero attached hydrogens (tertiary/aromatic N) is 2. The molecule has 0 amide bonds. The van der Waals surface area contributed by atoms with Crippen LogP contribution in [0.25, 0.3) is 16.9 Å². The van der Waals surface area contributed by atoms with E-state index in [-0.39, 0.29) is 0 Å². The Morgan fingerprint density at radius 3 is 0.974 bits per heavy atom. The minimum atomic E-state index is 0.872. The minimum absolute atomic E-state index is 0.872. The summed E-state index contributed by atoms with van der Waals surface area (Å²) in [5, 5.41) is 2.78. The van der Waals surface area contributed by atoms with Crippen molar-refractivity contribution in [1.29, 1.82) is 0 Å². The molecule has 2 aromatic rings. The quantitative estimate of drug-likeness (QED) is 0.0273. The Hall–Kier alpha value is -2.43. The van der Waals surface area contributed by atoms with Crippen molar-refractivity contribution in [2.45, 2.75) is 354 Å². The first kappa shape index (κ1) is 69.7. The molecule has 0 fully saturated rings. The first-order chi connectivity index (χ1) is 37.6. The van der Waals surface area contributed by atoms with Gasteiger partial charge < -0.3 is 5.53 Å². The van der Waals surface area contributed by atoms with Crippen molar-refractivity contribution >= 4 is 11.4 Å². The molecule has 2 nitrogen and oxygen atoms in total. The van der Waals surface area contributed by atoms with E-state index in [4.69, 9.17) is 0 Å². The van der Waals surface area contributed by atoms with Gasteiger partial charge in [0.1, 0.15) is 5.57 Å². The molecule has 3 heteroatoms. The number of hydrogen-bond acceptors (Lipinski definition) is 0. The van der Waals surface area contributed by atoms with E-state index >= 15 is 0 Å². The molecule has 0 unspecified atom stereocenters. The molecule has 3 rings (SSSR count). The number of rotatable bonds is 50. The predicted octanol–water partition coefficient (Wildman–Crippen LogP) is 25.5. The second kappa shape index (κ2) is 52.0.